The number of rotatable bonds is 12. The van der Waals surface area contributed by atoms with Crippen LogP contribution in [0.5, 0.6) is 5.75 Å². The molecule has 1 fully saturated rings. The first kappa shape index (κ1) is 30.0. The van der Waals surface area contributed by atoms with E-state index in [1.807, 2.05) is 25.1 Å². The Balaban J connectivity index is 1.47. The summed E-state index contributed by atoms with van der Waals surface area (Å²) in [5, 5.41) is 24.0. The number of fused-ring (bicyclic) bond motifs is 1. The topological polar surface area (TPSA) is 155 Å². The summed E-state index contributed by atoms with van der Waals surface area (Å²) < 4.78 is 26.6. The number of aromatic nitrogens is 2. The van der Waals surface area contributed by atoms with Crippen LogP contribution in [-0.2, 0) is 16.1 Å². The monoisotopic (exact) mass is 556 g/mol. The number of likely N-dealkylation sites (tertiary alicyclic amines) is 1. The standard InChI is InChI=1S/C27H38BFN6O5/c1-2-9-39-16-24-32-11-17(12-33-24)20-6-7-22-21(10-19(30)14-31-22)25(20)40-15-18(29)13-34-26(36)23-5-3-4-8-35(23)27(28,37)38/h6-7,10-12,18-19,23,37-38H,2-5,8-9,13-16,28,30H2,1H3,(H,34,36). The third-order valence-corrected chi connectivity index (χ3v) is 6.88. The molecule has 0 aliphatic carbocycles. The van der Waals surface area contributed by atoms with E-state index in [1.165, 1.54) is 12.7 Å². The van der Waals surface area contributed by atoms with E-state index >= 15 is 4.39 Å². The number of piperidine rings is 1. The van der Waals surface area contributed by atoms with Gasteiger partial charge in [-0.2, -0.15) is 0 Å². The summed E-state index contributed by atoms with van der Waals surface area (Å²) >= 11 is 0. The second-order valence-corrected chi connectivity index (χ2v) is 10.3. The van der Waals surface area contributed by atoms with Crippen LogP contribution in [0.4, 0.5) is 4.39 Å². The summed E-state index contributed by atoms with van der Waals surface area (Å²) in [5.74, 6) is -1.61. The van der Waals surface area contributed by atoms with E-state index in [4.69, 9.17) is 15.2 Å². The van der Waals surface area contributed by atoms with Crippen LogP contribution in [0.3, 0.4) is 0 Å². The van der Waals surface area contributed by atoms with Crippen molar-refractivity contribution in [2.24, 2.45) is 10.7 Å². The van der Waals surface area contributed by atoms with Crippen LogP contribution >= 0.6 is 0 Å². The minimum atomic E-state index is -2.13. The minimum Gasteiger partial charge on any atom is -0.489 e. The van der Waals surface area contributed by atoms with Crippen molar-refractivity contribution in [2.75, 3.05) is 32.8 Å². The highest BCUT2D eigenvalue weighted by molar-refractivity contribution is 6.12. The fourth-order valence-corrected chi connectivity index (χ4v) is 4.89. The molecule has 1 aromatic heterocycles. The molecule has 0 spiro atoms. The first-order chi connectivity index (χ1) is 19.2. The fourth-order valence-electron chi connectivity index (χ4n) is 4.89. The predicted octanol–water partition coefficient (Wildman–Crippen LogP) is -1.27. The van der Waals surface area contributed by atoms with Gasteiger partial charge in [0.15, 0.2) is 25.7 Å². The van der Waals surface area contributed by atoms with Gasteiger partial charge < -0.3 is 30.7 Å². The fraction of sp³-hybridized carbons (Fsp3) is 0.556. The highest BCUT2D eigenvalue weighted by atomic mass is 19.1. The van der Waals surface area contributed by atoms with Crippen LogP contribution in [0.25, 0.3) is 17.2 Å². The van der Waals surface area contributed by atoms with Gasteiger partial charge in [-0.15, -0.1) is 0 Å². The summed E-state index contributed by atoms with van der Waals surface area (Å²) in [4.78, 5) is 27.4. The molecule has 4 rings (SSSR count). The molecule has 5 N–H and O–H groups in total. The molecule has 216 valence electrons. The summed E-state index contributed by atoms with van der Waals surface area (Å²) in [6.45, 7) is 3.16. The Bertz CT molecular complexity index is 1280. The number of benzene rings is 1. The molecule has 11 nitrogen and oxygen atoms in total. The van der Waals surface area contributed by atoms with Crippen molar-refractivity contribution in [1.82, 2.24) is 20.2 Å². The van der Waals surface area contributed by atoms with Crippen LogP contribution in [0.15, 0.2) is 29.5 Å². The van der Waals surface area contributed by atoms with Crippen LogP contribution in [0, 0.1) is 0 Å². The summed E-state index contributed by atoms with van der Waals surface area (Å²) in [6, 6.07) is 2.64. The lowest BCUT2D eigenvalue weighted by Crippen LogP contribution is -2.60. The molecule has 1 saturated heterocycles. The van der Waals surface area contributed by atoms with E-state index < -0.39 is 23.9 Å². The maximum Gasteiger partial charge on any atom is 0.237 e. The highest BCUT2D eigenvalue weighted by Crippen LogP contribution is 2.26. The third kappa shape index (κ3) is 7.61. The second-order valence-electron chi connectivity index (χ2n) is 10.3. The maximum absolute atomic E-state index is 15.0. The van der Waals surface area contributed by atoms with E-state index in [9.17, 15) is 15.0 Å². The Hall–Kier alpha value is -2.97. The van der Waals surface area contributed by atoms with Crippen molar-refractivity contribution in [2.45, 2.75) is 63.3 Å². The van der Waals surface area contributed by atoms with Gasteiger partial charge in [0.25, 0.3) is 0 Å². The molecule has 40 heavy (non-hydrogen) atoms. The van der Waals surface area contributed by atoms with Gasteiger partial charge in [0.05, 0.1) is 24.5 Å². The number of hydrogen-bond donors (Lipinski definition) is 4. The first-order valence-electron chi connectivity index (χ1n) is 13.8. The number of alkyl halides is 1. The van der Waals surface area contributed by atoms with Crippen molar-refractivity contribution in [3.8, 4) is 16.9 Å². The number of aliphatic hydroxyl groups is 2. The van der Waals surface area contributed by atoms with Crippen molar-refractivity contribution < 1.29 is 28.9 Å². The van der Waals surface area contributed by atoms with Crippen molar-refractivity contribution in [1.29, 1.82) is 0 Å². The second kappa shape index (κ2) is 13.6. The Morgan fingerprint density at radius 1 is 1.32 bits per heavy atom. The van der Waals surface area contributed by atoms with E-state index in [1.54, 1.807) is 12.4 Å². The van der Waals surface area contributed by atoms with Gasteiger partial charge in [0.1, 0.15) is 19.0 Å². The SMILES string of the molecule is BC(O)(O)N1CCCCC1C(=O)NCC(F)COc1c(-c2cnc(COCCC)nc2)ccc2c1=CC(N)CN=2. The lowest BCUT2D eigenvalue weighted by molar-refractivity contribution is -0.217. The van der Waals surface area contributed by atoms with Gasteiger partial charge in [-0.1, -0.05) is 19.4 Å². The lowest BCUT2D eigenvalue weighted by Gasteiger charge is -2.41. The van der Waals surface area contributed by atoms with Gasteiger partial charge in [0, 0.05) is 47.9 Å². The maximum atomic E-state index is 15.0. The van der Waals surface area contributed by atoms with Gasteiger partial charge in [-0.3, -0.25) is 9.79 Å². The zero-order chi connectivity index (χ0) is 28.7. The number of ether oxygens (including phenoxy) is 2. The van der Waals surface area contributed by atoms with Crippen LogP contribution in [0.1, 0.15) is 38.4 Å². The highest BCUT2D eigenvalue weighted by Gasteiger charge is 2.38. The third-order valence-electron chi connectivity index (χ3n) is 6.88. The smallest absolute Gasteiger partial charge is 0.237 e. The van der Waals surface area contributed by atoms with Crippen LogP contribution in [-0.4, -0.2) is 95.7 Å². The predicted molar refractivity (Wildman–Crippen MR) is 149 cm³/mol. The number of amides is 1. The van der Waals surface area contributed by atoms with Gasteiger partial charge in [-0.25, -0.2) is 19.3 Å². The Kier molecular flexibility index (Phi) is 10.2. The van der Waals surface area contributed by atoms with Gasteiger partial charge in [-0.05, 0) is 31.4 Å². The van der Waals surface area contributed by atoms with E-state index in [2.05, 4.69) is 20.3 Å². The van der Waals surface area contributed by atoms with Crippen molar-refractivity contribution in [3.05, 3.63) is 40.9 Å². The number of nitrogens with two attached hydrogens (primary N) is 1. The molecule has 3 unspecified atom stereocenters. The number of nitrogens with zero attached hydrogens (tertiary/aromatic N) is 4. The molecule has 3 atom stereocenters. The van der Waals surface area contributed by atoms with Crippen LogP contribution in [0.2, 0.25) is 0 Å². The van der Waals surface area contributed by atoms with E-state index in [-0.39, 0.29) is 19.2 Å². The van der Waals surface area contributed by atoms with Gasteiger partial charge >= 0.3 is 0 Å². The van der Waals surface area contributed by atoms with E-state index in [0.29, 0.717) is 66.0 Å². The number of hydrogen-bond acceptors (Lipinski definition) is 10. The molecule has 0 saturated carbocycles. The normalized spacial score (nSPS) is 20.1. The first-order valence-corrected chi connectivity index (χ1v) is 13.8. The molecule has 13 heteroatoms. The summed E-state index contributed by atoms with van der Waals surface area (Å²) in [7, 11) is 1.22. The Morgan fingerprint density at radius 3 is 2.83 bits per heavy atom. The molecule has 0 radical (unpaired) electrons. The zero-order valence-electron chi connectivity index (χ0n) is 23.1. The molecular weight excluding hydrogens is 518 g/mol. The lowest BCUT2D eigenvalue weighted by atomic mass is 9.93. The van der Waals surface area contributed by atoms with Crippen molar-refractivity contribution >= 4 is 19.8 Å². The average Bonchev–Trinajstić information content (AvgIpc) is 2.94. The molecule has 2 aliphatic heterocycles. The average molecular weight is 556 g/mol. The Labute approximate surface area is 233 Å². The number of carbonyl (C=O) groups excluding carboxylic acids is 1. The molecule has 2 aromatic rings. The van der Waals surface area contributed by atoms with Crippen molar-refractivity contribution in [3.63, 3.8) is 0 Å². The van der Waals surface area contributed by atoms with E-state index in [0.717, 1.165) is 19.3 Å². The number of halogens is 1. The summed E-state index contributed by atoms with van der Waals surface area (Å²) in [6.07, 6.45) is 6.55. The zero-order valence-corrected chi connectivity index (χ0v) is 23.1. The molecule has 0 bridgehead atoms. The molecule has 2 aliphatic rings. The summed E-state index contributed by atoms with van der Waals surface area (Å²) in [5.41, 5.74) is 7.48. The van der Waals surface area contributed by atoms with Gasteiger partial charge in [0.2, 0.25) is 5.91 Å². The largest absolute Gasteiger partial charge is 0.489 e. The Morgan fingerprint density at radius 2 is 2.10 bits per heavy atom. The quantitative estimate of drug-likeness (QED) is 0.142. The van der Waals surface area contributed by atoms with Crippen LogP contribution < -0.4 is 26.4 Å². The molecule has 1 amide bonds. The number of nitrogens with one attached hydrogen (secondary N) is 1. The minimum absolute atomic E-state index is 0.287. The molecular formula is C27H38BFN6O5. The molecule has 1 aromatic carbocycles. The number of carbonyl (C=O) groups is 1. The molecule has 3 heterocycles.